The zero-order valence-electron chi connectivity index (χ0n) is 26.8. The Kier molecular flexibility index (Phi) is 15.1. The van der Waals surface area contributed by atoms with Crippen LogP contribution >= 0.6 is 0 Å². The quantitative estimate of drug-likeness (QED) is 0.126. The first kappa shape index (κ1) is 35.8. The van der Waals surface area contributed by atoms with Crippen molar-refractivity contribution >= 4 is 37.1 Å². The van der Waals surface area contributed by atoms with E-state index < -0.39 is 0 Å². The minimum Gasteiger partial charge on any atom is -0.346 e. The van der Waals surface area contributed by atoms with Crippen LogP contribution in [-0.2, 0) is 39.0 Å². The largest absolute Gasteiger partial charge is 4.00 e. The van der Waals surface area contributed by atoms with E-state index in [0.717, 1.165) is 12.8 Å². The van der Waals surface area contributed by atoms with Gasteiger partial charge in [0.25, 0.3) is 0 Å². The number of fused-ring (bicyclic) bond motifs is 2. The van der Waals surface area contributed by atoms with Gasteiger partial charge in [-0.25, -0.2) is 0 Å². The average molecular weight is 678 g/mol. The molecular weight excluding hydrogens is 636 g/mol. The van der Waals surface area contributed by atoms with Gasteiger partial charge in [-0.15, -0.1) is 81.2 Å². The van der Waals surface area contributed by atoms with E-state index in [1.165, 1.54) is 60.5 Å². The van der Waals surface area contributed by atoms with Crippen molar-refractivity contribution < 1.29 is 26.2 Å². The topological polar surface area (TPSA) is 0 Å². The summed E-state index contributed by atoms with van der Waals surface area (Å²) in [7, 11) is 1.73. The monoisotopic (exact) mass is 676 g/mol. The Morgan fingerprint density at radius 1 is 0.533 bits per heavy atom. The summed E-state index contributed by atoms with van der Waals surface area (Å²) in [4.78, 5) is 0. The molecule has 0 nitrogen and oxygen atoms in total. The molecule has 7 aromatic carbocycles. The minimum atomic E-state index is 0. The maximum atomic E-state index is 3.25. The van der Waals surface area contributed by atoms with Crippen molar-refractivity contribution in [3.05, 3.63) is 175 Å². The summed E-state index contributed by atoms with van der Waals surface area (Å²) in [5, 5.41) is 5.44. The molecule has 0 aliphatic carbocycles. The molecule has 0 fully saturated rings. The Bertz CT molecular complexity index is 1730. The molecule has 0 radical (unpaired) electrons. The number of benzene rings is 5. The molecule has 2 heteroatoms. The standard InChI is InChI=1S/2C17H15.C7H7Si.C2H5.Zr/c2*1-2-13-11-15-9-6-10-16(17(15)12-13)14-7-4-3-5-8-14;8-6-7-4-2-1-3-5-7;1-2;/h2*3-12H,2H2,1H3;1-5H,8H2;1H2,2H3;/q4*-1;+4. The molecule has 7 rings (SSSR count). The molecule has 0 saturated carbocycles. The van der Waals surface area contributed by atoms with Gasteiger partial charge in [-0.05, 0) is 24.0 Å². The van der Waals surface area contributed by atoms with Crippen molar-refractivity contribution in [1.29, 1.82) is 0 Å². The Balaban J connectivity index is 0.000000188. The molecule has 0 amide bonds. The molecule has 0 aromatic heterocycles. The van der Waals surface area contributed by atoms with Crippen LogP contribution in [-0.4, -0.2) is 15.5 Å². The molecule has 7 aromatic rings. The van der Waals surface area contributed by atoms with Crippen molar-refractivity contribution in [1.82, 2.24) is 0 Å². The third-order valence-corrected chi connectivity index (χ3v) is 7.99. The first-order chi connectivity index (χ1) is 21.7. The van der Waals surface area contributed by atoms with E-state index in [4.69, 9.17) is 0 Å². The zero-order valence-corrected chi connectivity index (χ0v) is 30.6. The van der Waals surface area contributed by atoms with E-state index >= 15 is 0 Å². The van der Waals surface area contributed by atoms with Crippen LogP contribution in [0, 0.1) is 6.92 Å². The van der Waals surface area contributed by atoms with Gasteiger partial charge in [-0.3, -0.25) is 0 Å². The fourth-order valence-corrected chi connectivity index (χ4v) is 5.53. The fourth-order valence-electron chi connectivity index (χ4n) is 5.30. The molecule has 0 bridgehead atoms. The van der Waals surface area contributed by atoms with Gasteiger partial charge in [0.1, 0.15) is 0 Å². The molecule has 0 saturated heterocycles. The second kappa shape index (κ2) is 18.9. The molecule has 45 heavy (non-hydrogen) atoms. The summed E-state index contributed by atoms with van der Waals surface area (Å²) in [6.45, 7) is 9.41. The van der Waals surface area contributed by atoms with E-state index in [0.29, 0.717) is 0 Å². The molecule has 222 valence electrons. The Labute approximate surface area is 292 Å². The summed E-state index contributed by atoms with van der Waals surface area (Å²) >= 11 is 0. The maximum absolute atomic E-state index is 3.25. The van der Waals surface area contributed by atoms with Crippen molar-refractivity contribution in [2.75, 3.05) is 0 Å². The zero-order chi connectivity index (χ0) is 31.1. The Morgan fingerprint density at radius 2 is 0.911 bits per heavy atom. The van der Waals surface area contributed by atoms with Crippen LogP contribution in [0.1, 0.15) is 37.5 Å². The Morgan fingerprint density at radius 3 is 1.24 bits per heavy atom. The van der Waals surface area contributed by atoms with Gasteiger partial charge in [-0.2, -0.15) is 42.4 Å². The Hall–Kier alpha value is -3.71. The molecule has 0 unspecified atom stereocenters. The van der Waals surface area contributed by atoms with Gasteiger partial charge >= 0.3 is 26.2 Å². The second-order valence-electron chi connectivity index (χ2n) is 10.3. The second-order valence-corrected chi connectivity index (χ2v) is 10.7. The summed E-state index contributed by atoms with van der Waals surface area (Å²) in [5.74, 6) is 0. The number of rotatable bonds is 5. The number of aryl methyl sites for hydroxylation is 2. The van der Waals surface area contributed by atoms with Crippen LogP contribution in [0.2, 0.25) is 0 Å². The molecule has 0 spiro atoms. The summed E-state index contributed by atoms with van der Waals surface area (Å²) < 4.78 is 0. The fraction of sp³-hybridized carbons (Fsp3) is 0.116. The van der Waals surface area contributed by atoms with Gasteiger partial charge in [0.05, 0.1) is 0 Å². The first-order valence-corrected chi connectivity index (χ1v) is 16.2. The predicted octanol–water partition coefficient (Wildman–Crippen LogP) is 10.8. The first-order valence-electron chi connectivity index (χ1n) is 15.5. The molecule has 0 aliphatic rings. The third-order valence-electron chi connectivity index (χ3n) is 7.58. The van der Waals surface area contributed by atoms with E-state index in [9.17, 15) is 0 Å². The smallest absolute Gasteiger partial charge is 0.346 e. The average Bonchev–Trinajstić information content (AvgIpc) is 3.75. The van der Waals surface area contributed by atoms with Gasteiger partial charge in [0.15, 0.2) is 0 Å². The normalized spacial score (nSPS) is 9.87. The van der Waals surface area contributed by atoms with E-state index in [2.05, 4.69) is 148 Å². The van der Waals surface area contributed by atoms with Crippen LogP contribution in [0.4, 0.5) is 0 Å². The SMILES string of the molecule is CCc1cc2c(-c3ccccc3)cccc2[cH-]1.CCc1cc2c(-c3ccccc3)cccc2[cH-]1.[CH2-]C.[SiH2]=[C-]c1ccccc1.[Zr+4]. The van der Waals surface area contributed by atoms with Crippen molar-refractivity contribution in [3.8, 4) is 22.3 Å². The van der Waals surface area contributed by atoms with E-state index in [-0.39, 0.29) is 26.2 Å². The van der Waals surface area contributed by atoms with Crippen molar-refractivity contribution in [3.63, 3.8) is 0 Å². The van der Waals surface area contributed by atoms with Gasteiger partial charge < -0.3 is 6.92 Å². The summed E-state index contributed by atoms with van der Waals surface area (Å²) in [6, 6.07) is 53.6. The molecular formula is C43H42SiZr. The van der Waals surface area contributed by atoms with Crippen LogP contribution in [0.25, 0.3) is 43.8 Å². The van der Waals surface area contributed by atoms with Crippen LogP contribution in [0.3, 0.4) is 0 Å². The minimum absolute atomic E-state index is 0. The van der Waals surface area contributed by atoms with Gasteiger partial charge in [-0.1, -0.05) is 114 Å². The molecule has 0 atom stereocenters. The summed E-state index contributed by atoms with van der Waals surface area (Å²) in [5.41, 5.74) is 12.3. The molecule has 0 heterocycles. The number of hydrogen-bond donors (Lipinski definition) is 0. The predicted molar refractivity (Wildman–Crippen MR) is 199 cm³/mol. The molecule has 0 aliphatic heterocycles. The van der Waals surface area contributed by atoms with Crippen LogP contribution in [0.5, 0.6) is 0 Å². The number of hydrogen-bond acceptors (Lipinski definition) is 0. The molecule has 0 N–H and O–H groups in total. The summed E-state index contributed by atoms with van der Waals surface area (Å²) in [6.07, 6.45) is 2.20. The third kappa shape index (κ3) is 9.64. The van der Waals surface area contributed by atoms with E-state index in [1.807, 2.05) is 30.3 Å². The van der Waals surface area contributed by atoms with Crippen molar-refractivity contribution in [2.24, 2.45) is 0 Å². The van der Waals surface area contributed by atoms with Gasteiger partial charge in [0, 0.05) is 0 Å². The van der Waals surface area contributed by atoms with Gasteiger partial charge in [0.2, 0.25) is 0 Å². The van der Waals surface area contributed by atoms with E-state index in [1.54, 1.807) is 16.8 Å². The maximum Gasteiger partial charge on any atom is 4.00 e. The van der Waals surface area contributed by atoms with Crippen LogP contribution in [0.15, 0.2) is 152 Å². The van der Waals surface area contributed by atoms with Crippen LogP contribution < -0.4 is 0 Å². The van der Waals surface area contributed by atoms with Crippen molar-refractivity contribution in [2.45, 2.75) is 33.6 Å².